The summed E-state index contributed by atoms with van der Waals surface area (Å²) in [4.78, 5) is 8.47. The topological polar surface area (TPSA) is 82.5 Å². The third-order valence-electron chi connectivity index (χ3n) is 2.00. The molecule has 0 aliphatic rings. The van der Waals surface area contributed by atoms with E-state index in [1.807, 2.05) is 0 Å². The summed E-state index contributed by atoms with van der Waals surface area (Å²) < 4.78 is 5.92. The zero-order chi connectivity index (χ0) is 11.8. The van der Waals surface area contributed by atoms with Crippen LogP contribution in [0.25, 0.3) is 5.13 Å². The highest BCUT2D eigenvalue weighted by Crippen LogP contribution is 2.21. The molecule has 0 amide bonds. The van der Waals surface area contributed by atoms with Gasteiger partial charge in [-0.1, -0.05) is 20.8 Å². The van der Waals surface area contributed by atoms with Crippen molar-refractivity contribution >= 4 is 11.5 Å². The van der Waals surface area contributed by atoms with Crippen molar-refractivity contribution in [2.45, 2.75) is 32.7 Å². The largest absolute Gasteiger partial charge is 0.324 e. The normalized spacial score (nSPS) is 12.0. The van der Waals surface area contributed by atoms with Crippen LogP contribution in [0.2, 0.25) is 0 Å². The molecule has 0 bridgehead atoms. The van der Waals surface area contributed by atoms with Crippen LogP contribution in [0.15, 0.2) is 6.33 Å². The van der Waals surface area contributed by atoms with Gasteiger partial charge in [0.1, 0.15) is 12.2 Å². The molecule has 16 heavy (non-hydrogen) atoms. The smallest absolute Gasteiger partial charge is 0.231 e. The molecule has 0 fully saturated rings. The number of nitrogens with zero attached hydrogens (tertiary/aromatic N) is 5. The van der Waals surface area contributed by atoms with E-state index in [0.29, 0.717) is 12.4 Å². The first-order chi connectivity index (χ1) is 7.50. The van der Waals surface area contributed by atoms with Crippen molar-refractivity contribution < 1.29 is 0 Å². The van der Waals surface area contributed by atoms with Crippen molar-refractivity contribution in [1.82, 2.24) is 24.1 Å². The van der Waals surface area contributed by atoms with Crippen molar-refractivity contribution in [2.75, 3.05) is 0 Å². The van der Waals surface area contributed by atoms with E-state index in [0.717, 1.165) is 11.0 Å². The molecule has 2 aromatic rings. The maximum atomic E-state index is 5.44. The zero-order valence-corrected chi connectivity index (χ0v) is 10.3. The average Bonchev–Trinajstić information content (AvgIpc) is 2.85. The molecule has 2 aromatic heterocycles. The van der Waals surface area contributed by atoms with E-state index in [4.69, 9.17) is 5.73 Å². The fraction of sp³-hybridized carbons (Fsp3) is 0.556. The van der Waals surface area contributed by atoms with Crippen LogP contribution in [0.1, 0.15) is 32.4 Å². The molecule has 0 aliphatic carbocycles. The summed E-state index contributed by atoms with van der Waals surface area (Å²) >= 11 is 1.31. The standard InChI is InChI=1S/C9H14N6S/c1-9(2,3)7-12-8(16-14-7)15-5-11-6(4-10)13-15/h5H,4,10H2,1-3H3. The van der Waals surface area contributed by atoms with Crippen molar-refractivity contribution in [3.05, 3.63) is 18.0 Å². The molecule has 0 saturated heterocycles. The van der Waals surface area contributed by atoms with Crippen molar-refractivity contribution in [3.63, 3.8) is 0 Å². The molecule has 86 valence electrons. The number of rotatable bonds is 2. The predicted octanol–water partition coefficient (Wildman–Crippen LogP) is 0.875. The summed E-state index contributed by atoms with van der Waals surface area (Å²) in [6, 6.07) is 0. The lowest BCUT2D eigenvalue weighted by molar-refractivity contribution is 0.553. The highest BCUT2D eigenvalue weighted by molar-refractivity contribution is 7.08. The van der Waals surface area contributed by atoms with Crippen LogP contribution in [0, 0.1) is 0 Å². The fourth-order valence-corrected chi connectivity index (χ4v) is 1.88. The van der Waals surface area contributed by atoms with Crippen LogP contribution in [-0.2, 0) is 12.0 Å². The molecule has 0 radical (unpaired) electrons. The second-order valence-electron chi connectivity index (χ2n) is 4.46. The SMILES string of the molecule is CC(C)(C)c1nsc(-n2cnc(CN)n2)n1. The van der Waals surface area contributed by atoms with Gasteiger partial charge in [0.15, 0.2) is 5.82 Å². The van der Waals surface area contributed by atoms with Gasteiger partial charge in [-0.3, -0.25) is 0 Å². The Morgan fingerprint density at radius 2 is 2.19 bits per heavy atom. The molecular formula is C9H14N6S. The Labute approximate surface area is 97.7 Å². The molecule has 2 heterocycles. The Morgan fingerprint density at radius 3 is 2.69 bits per heavy atom. The highest BCUT2D eigenvalue weighted by atomic mass is 32.1. The van der Waals surface area contributed by atoms with Crippen molar-refractivity contribution in [1.29, 1.82) is 0 Å². The van der Waals surface area contributed by atoms with Gasteiger partial charge >= 0.3 is 0 Å². The minimum Gasteiger partial charge on any atom is -0.324 e. The van der Waals surface area contributed by atoms with E-state index < -0.39 is 0 Å². The van der Waals surface area contributed by atoms with Gasteiger partial charge in [-0.05, 0) is 0 Å². The Bertz CT molecular complexity index is 480. The summed E-state index contributed by atoms with van der Waals surface area (Å²) in [6.07, 6.45) is 1.61. The van der Waals surface area contributed by atoms with E-state index in [9.17, 15) is 0 Å². The molecule has 0 saturated carbocycles. The molecule has 0 atom stereocenters. The number of aromatic nitrogens is 5. The van der Waals surface area contributed by atoms with Gasteiger partial charge < -0.3 is 5.73 Å². The summed E-state index contributed by atoms with van der Waals surface area (Å²) in [6.45, 7) is 6.56. The maximum Gasteiger partial charge on any atom is 0.231 e. The van der Waals surface area contributed by atoms with Gasteiger partial charge in [0, 0.05) is 16.9 Å². The van der Waals surface area contributed by atoms with Gasteiger partial charge in [0.25, 0.3) is 0 Å². The van der Waals surface area contributed by atoms with E-state index in [1.54, 1.807) is 11.0 Å². The molecule has 0 aromatic carbocycles. The Balaban J connectivity index is 2.31. The maximum absolute atomic E-state index is 5.44. The van der Waals surface area contributed by atoms with Crippen molar-refractivity contribution in [2.24, 2.45) is 5.73 Å². The lowest BCUT2D eigenvalue weighted by Gasteiger charge is -2.11. The zero-order valence-electron chi connectivity index (χ0n) is 9.51. The highest BCUT2D eigenvalue weighted by Gasteiger charge is 2.20. The molecular weight excluding hydrogens is 224 g/mol. The Kier molecular flexibility index (Phi) is 2.73. The van der Waals surface area contributed by atoms with Crippen LogP contribution in [-0.4, -0.2) is 24.1 Å². The quantitative estimate of drug-likeness (QED) is 0.839. The molecule has 0 spiro atoms. The van der Waals surface area contributed by atoms with Crippen LogP contribution in [0.3, 0.4) is 0 Å². The predicted molar refractivity (Wildman–Crippen MR) is 61.4 cm³/mol. The van der Waals surface area contributed by atoms with Crippen LogP contribution < -0.4 is 5.73 Å². The molecule has 0 aliphatic heterocycles. The molecule has 6 nitrogen and oxygen atoms in total. The first kappa shape index (κ1) is 11.2. The second kappa shape index (κ2) is 3.91. The van der Waals surface area contributed by atoms with Crippen molar-refractivity contribution in [3.8, 4) is 5.13 Å². The lowest BCUT2D eigenvalue weighted by atomic mass is 9.96. The summed E-state index contributed by atoms with van der Waals surface area (Å²) in [5.74, 6) is 1.42. The first-order valence-corrected chi connectivity index (χ1v) is 5.73. The van der Waals surface area contributed by atoms with E-state index in [1.165, 1.54) is 11.5 Å². The summed E-state index contributed by atoms with van der Waals surface area (Å²) in [5, 5.41) is 4.90. The van der Waals surface area contributed by atoms with E-state index >= 15 is 0 Å². The number of hydrogen-bond donors (Lipinski definition) is 1. The van der Waals surface area contributed by atoms with Gasteiger partial charge in [-0.15, -0.1) is 5.10 Å². The fourth-order valence-electron chi connectivity index (χ4n) is 1.10. The second-order valence-corrected chi connectivity index (χ2v) is 5.19. The van der Waals surface area contributed by atoms with Gasteiger partial charge in [-0.2, -0.15) is 9.06 Å². The number of nitrogens with two attached hydrogens (primary N) is 1. The minimum absolute atomic E-state index is 0.0496. The lowest BCUT2D eigenvalue weighted by Crippen LogP contribution is -2.13. The monoisotopic (exact) mass is 238 g/mol. The van der Waals surface area contributed by atoms with Crippen LogP contribution in [0.4, 0.5) is 0 Å². The van der Waals surface area contributed by atoms with Gasteiger partial charge in [0.05, 0.1) is 6.54 Å². The van der Waals surface area contributed by atoms with E-state index in [-0.39, 0.29) is 5.41 Å². The van der Waals surface area contributed by atoms with Crippen LogP contribution in [0.5, 0.6) is 0 Å². The summed E-state index contributed by atoms with van der Waals surface area (Å²) in [5.41, 5.74) is 5.40. The Morgan fingerprint density at radius 1 is 1.44 bits per heavy atom. The van der Waals surface area contributed by atoms with E-state index in [2.05, 4.69) is 40.2 Å². The first-order valence-electron chi connectivity index (χ1n) is 4.96. The number of hydrogen-bond acceptors (Lipinski definition) is 6. The Hall–Kier alpha value is -1.34. The minimum atomic E-state index is -0.0496. The third kappa shape index (κ3) is 2.10. The third-order valence-corrected chi connectivity index (χ3v) is 2.71. The molecule has 2 rings (SSSR count). The van der Waals surface area contributed by atoms with Gasteiger partial charge in [-0.25, -0.2) is 9.97 Å². The molecule has 2 N–H and O–H groups in total. The summed E-state index contributed by atoms with van der Waals surface area (Å²) in [7, 11) is 0. The molecule has 0 unspecified atom stereocenters. The van der Waals surface area contributed by atoms with Crippen LogP contribution >= 0.6 is 11.5 Å². The molecule has 7 heteroatoms. The average molecular weight is 238 g/mol. The van der Waals surface area contributed by atoms with Gasteiger partial charge in [0.2, 0.25) is 5.13 Å².